The fourth-order valence-corrected chi connectivity index (χ4v) is 1.82. The molecule has 0 aliphatic rings. The summed E-state index contributed by atoms with van der Waals surface area (Å²) < 4.78 is 7.58. The number of benzene rings is 1. The largest absolute Gasteiger partial charge is 0.486 e. The van der Waals surface area contributed by atoms with Crippen LogP contribution in [0.1, 0.15) is 31.3 Å². The number of rotatable bonds is 4. The van der Waals surface area contributed by atoms with Gasteiger partial charge in [0.25, 0.3) is 0 Å². The van der Waals surface area contributed by atoms with E-state index >= 15 is 0 Å². The summed E-state index contributed by atoms with van der Waals surface area (Å²) in [6.07, 6.45) is 1.54. The SMILES string of the molecule is CC(C)n1ncnc1COc1cccc(C#CCCl)c1. The maximum atomic E-state index is 5.74. The van der Waals surface area contributed by atoms with Crippen molar-refractivity contribution in [3.05, 3.63) is 42.0 Å². The van der Waals surface area contributed by atoms with Gasteiger partial charge < -0.3 is 4.74 Å². The molecule has 2 aromatic rings. The smallest absolute Gasteiger partial charge is 0.165 e. The second-order valence-corrected chi connectivity index (χ2v) is 4.73. The first-order valence-electron chi connectivity index (χ1n) is 6.37. The van der Waals surface area contributed by atoms with Gasteiger partial charge in [-0.2, -0.15) is 5.10 Å². The first-order valence-corrected chi connectivity index (χ1v) is 6.90. The van der Waals surface area contributed by atoms with Crippen LogP contribution in [-0.4, -0.2) is 20.6 Å². The van der Waals surface area contributed by atoms with Gasteiger partial charge in [0, 0.05) is 11.6 Å². The van der Waals surface area contributed by atoms with E-state index in [2.05, 4.69) is 35.8 Å². The Morgan fingerprint density at radius 1 is 1.40 bits per heavy atom. The Morgan fingerprint density at radius 3 is 3.00 bits per heavy atom. The van der Waals surface area contributed by atoms with E-state index < -0.39 is 0 Å². The van der Waals surface area contributed by atoms with E-state index in [9.17, 15) is 0 Å². The van der Waals surface area contributed by atoms with Crippen LogP contribution >= 0.6 is 11.6 Å². The van der Waals surface area contributed by atoms with Crippen LogP contribution in [0.3, 0.4) is 0 Å². The molecule has 104 valence electrons. The summed E-state index contributed by atoms with van der Waals surface area (Å²) in [5, 5.41) is 4.17. The van der Waals surface area contributed by atoms with Crippen LogP contribution in [-0.2, 0) is 6.61 Å². The quantitative estimate of drug-likeness (QED) is 0.641. The first kappa shape index (κ1) is 14.4. The summed E-state index contributed by atoms with van der Waals surface area (Å²) in [6.45, 7) is 4.49. The van der Waals surface area contributed by atoms with E-state index in [1.165, 1.54) is 0 Å². The van der Waals surface area contributed by atoms with Crippen LogP contribution in [0.2, 0.25) is 0 Å². The molecule has 0 atom stereocenters. The van der Waals surface area contributed by atoms with Crippen molar-refractivity contribution in [1.82, 2.24) is 14.8 Å². The molecule has 0 spiro atoms. The Balaban J connectivity index is 2.05. The van der Waals surface area contributed by atoms with E-state index in [4.69, 9.17) is 16.3 Å². The van der Waals surface area contributed by atoms with Gasteiger partial charge in [-0.25, -0.2) is 9.67 Å². The van der Waals surface area contributed by atoms with E-state index in [1.54, 1.807) is 6.33 Å². The predicted molar refractivity (Wildman–Crippen MR) is 78.8 cm³/mol. The average molecular weight is 290 g/mol. The fourth-order valence-electron chi connectivity index (χ4n) is 1.76. The van der Waals surface area contributed by atoms with Crippen molar-refractivity contribution in [3.63, 3.8) is 0 Å². The lowest BCUT2D eigenvalue weighted by molar-refractivity contribution is 0.282. The molecule has 5 heteroatoms. The molecule has 0 unspecified atom stereocenters. The van der Waals surface area contributed by atoms with Gasteiger partial charge >= 0.3 is 0 Å². The Hall–Kier alpha value is -1.99. The van der Waals surface area contributed by atoms with E-state index in [0.717, 1.165) is 17.1 Å². The molecule has 0 aliphatic carbocycles. The zero-order valence-electron chi connectivity index (χ0n) is 11.5. The number of hydrogen-bond donors (Lipinski definition) is 0. The Bertz CT molecular complexity index is 625. The van der Waals surface area contributed by atoms with E-state index in [-0.39, 0.29) is 6.04 Å². The van der Waals surface area contributed by atoms with Crippen LogP contribution in [0.5, 0.6) is 5.75 Å². The van der Waals surface area contributed by atoms with Crippen molar-refractivity contribution in [2.45, 2.75) is 26.5 Å². The lowest BCUT2D eigenvalue weighted by Crippen LogP contribution is -2.10. The van der Waals surface area contributed by atoms with Gasteiger partial charge in [0.2, 0.25) is 0 Å². The lowest BCUT2D eigenvalue weighted by atomic mass is 10.2. The minimum Gasteiger partial charge on any atom is -0.486 e. The van der Waals surface area contributed by atoms with Crippen LogP contribution < -0.4 is 4.74 Å². The molecule has 0 radical (unpaired) electrons. The highest BCUT2D eigenvalue weighted by molar-refractivity contribution is 6.19. The van der Waals surface area contributed by atoms with Crippen LogP contribution in [0.15, 0.2) is 30.6 Å². The highest BCUT2D eigenvalue weighted by Gasteiger charge is 2.08. The first-order chi connectivity index (χ1) is 9.70. The molecule has 0 saturated heterocycles. The Morgan fingerprint density at radius 2 is 2.25 bits per heavy atom. The molecule has 1 aromatic heterocycles. The van der Waals surface area contributed by atoms with Crippen molar-refractivity contribution in [3.8, 4) is 17.6 Å². The van der Waals surface area contributed by atoms with E-state index in [0.29, 0.717) is 12.5 Å². The molecule has 20 heavy (non-hydrogen) atoms. The van der Waals surface area contributed by atoms with Crippen LogP contribution in [0.25, 0.3) is 0 Å². The molecule has 0 N–H and O–H groups in total. The van der Waals surface area contributed by atoms with Crippen molar-refractivity contribution in [1.29, 1.82) is 0 Å². The number of nitrogens with zero attached hydrogens (tertiary/aromatic N) is 3. The zero-order chi connectivity index (χ0) is 14.4. The highest BCUT2D eigenvalue weighted by Crippen LogP contribution is 2.15. The van der Waals surface area contributed by atoms with Crippen molar-refractivity contribution in [2.75, 3.05) is 5.88 Å². The molecule has 1 heterocycles. The molecule has 0 fully saturated rings. The zero-order valence-corrected chi connectivity index (χ0v) is 12.3. The van der Waals surface area contributed by atoms with Gasteiger partial charge in [0.05, 0.1) is 5.88 Å². The summed E-state index contributed by atoms with van der Waals surface area (Å²) >= 11 is 5.54. The van der Waals surface area contributed by atoms with Crippen molar-refractivity contribution >= 4 is 11.6 Å². The fraction of sp³-hybridized carbons (Fsp3) is 0.333. The van der Waals surface area contributed by atoms with Crippen LogP contribution in [0, 0.1) is 11.8 Å². The number of halogens is 1. The van der Waals surface area contributed by atoms with Gasteiger partial charge in [-0.3, -0.25) is 0 Å². The molecular weight excluding hydrogens is 274 g/mol. The van der Waals surface area contributed by atoms with Gasteiger partial charge in [-0.05, 0) is 32.0 Å². The molecule has 0 saturated carbocycles. The topological polar surface area (TPSA) is 39.9 Å². The van der Waals surface area contributed by atoms with Gasteiger partial charge in [-0.15, -0.1) is 11.6 Å². The number of hydrogen-bond acceptors (Lipinski definition) is 3. The van der Waals surface area contributed by atoms with Gasteiger partial charge in [0.15, 0.2) is 5.82 Å². The summed E-state index contributed by atoms with van der Waals surface area (Å²) in [7, 11) is 0. The monoisotopic (exact) mass is 289 g/mol. The molecule has 4 nitrogen and oxygen atoms in total. The standard InChI is InChI=1S/C15H16ClN3O/c1-12(2)19-15(17-11-18-19)10-20-14-7-3-5-13(9-14)6-4-8-16/h3,5,7,9,11-12H,8,10H2,1-2H3. The second kappa shape index (κ2) is 6.97. The third-order valence-electron chi connectivity index (χ3n) is 2.64. The summed E-state index contributed by atoms with van der Waals surface area (Å²) in [5.74, 6) is 7.66. The third kappa shape index (κ3) is 3.75. The Kier molecular flexibility index (Phi) is 5.03. The molecular formula is C15H16ClN3O. The molecule has 0 aliphatic heterocycles. The third-order valence-corrected chi connectivity index (χ3v) is 2.77. The van der Waals surface area contributed by atoms with Crippen LogP contribution in [0.4, 0.5) is 0 Å². The van der Waals surface area contributed by atoms with Crippen molar-refractivity contribution < 1.29 is 4.74 Å². The summed E-state index contributed by atoms with van der Waals surface area (Å²) in [4.78, 5) is 4.21. The molecule has 0 amide bonds. The van der Waals surface area contributed by atoms with Gasteiger partial charge in [0.1, 0.15) is 18.7 Å². The molecule has 0 bridgehead atoms. The number of alkyl halides is 1. The predicted octanol–water partition coefficient (Wildman–Crippen LogP) is 3.03. The normalized spacial score (nSPS) is 10.2. The maximum absolute atomic E-state index is 5.74. The maximum Gasteiger partial charge on any atom is 0.165 e. The number of ether oxygens (including phenoxy) is 1. The minimum atomic E-state index is 0.261. The highest BCUT2D eigenvalue weighted by atomic mass is 35.5. The van der Waals surface area contributed by atoms with Gasteiger partial charge in [-0.1, -0.05) is 17.9 Å². The lowest BCUT2D eigenvalue weighted by Gasteiger charge is -2.10. The van der Waals surface area contributed by atoms with E-state index in [1.807, 2.05) is 28.9 Å². The average Bonchev–Trinajstić information content (AvgIpc) is 2.92. The Labute approximate surface area is 123 Å². The van der Waals surface area contributed by atoms with Crippen molar-refractivity contribution in [2.24, 2.45) is 0 Å². The minimum absolute atomic E-state index is 0.261. The number of aromatic nitrogens is 3. The summed E-state index contributed by atoms with van der Waals surface area (Å²) in [6, 6.07) is 7.86. The second-order valence-electron chi connectivity index (χ2n) is 4.47. The molecule has 1 aromatic carbocycles. The summed E-state index contributed by atoms with van der Waals surface area (Å²) in [5.41, 5.74) is 0.883. The molecule has 2 rings (SSSR count).